The molecule has 0 aliphatic heterocycles. The number of imidazole rings is 1. The van der Waals surface area contributed by atoms with Crippen molar-refractivity contribution >= 4 is 34.7 Å². The molecule has 1 aromatic heterocycles. The van der Waals surface area contributed by atoms with Crippen molar-refractivity contribution < 1.29 is 14.3 Å². The largest absolute Gasteiger partial charge is 0.461 e. The molecule has 0 N–H and O–H groups in total. The third kappa shape index (κ3) is 8.71. The minimum Gasteiger partial charge on any atom is -0.461 e. The number of amides is 1. The number of fused-ring (bicyclic) bond motifs is 1. The van der Waals surface area contributed by atoms with E-state index in [0.717, 1.165) is 47.6 Å². The number of rotatable bonds is 16. The highest BCUT2D eigenvalue weighted by atomic mass is 32.2. The monoisotopic (exact) mass is 585 g/mol. The molecule has 1 amide bonds. The molecule has 3 aromatic carbocycles. The number of aromatic nitrogens is 2. The van der Waals surface area contributed by atoms with Gasteiger partial charge in [0.15, 0.2) is 5.16 Å². The van der Waals surface area contributed by atoms with E-state index in [0.29, 0.717) is 19.5 Å². The van der Waals surface area contributed by atoms with Crippen molar-refractivity contribution in [2.45, 2.75) is 76.6 Å². The number of benzene rings is 3. The fourth-order valence-electron chi connectivity index (χ4n) is 5.01. The predicted octanol–water partition coefficient (Wildman–Crippen LogP) is 7.71. The van der Waals surface area contributed by atoms with Gasteiger partial charge in [-0.05, 0) is 49.4 Å². The molecule has 4 rings (SSSR count). The number of carbonyl (C=O) groups excluding carboxylic acids is 2. The normalized spacial score (nSPS) is 12.0. The van der Waals surface area contributed by atoms with E-state index in [1.807, 2.05) is 59.7 Å². The highest BCUT2D eigenvalue weighted by molar-refractivity contribution is 7.99. The topological polar surface area (TPSA) is 64.4 Å². The van der Waals surface area contributed by atoms with Gasteiger partial charge in [-0.1, -0.05) is 105 Å². The van der Waals surface area contributed by atoms with E-state index in [1.165, 1.54) is 11.1 Å². The fraction of sp³-hybridized carbons (Fsp3) is 0.400. The maximum absolute atomic E-state index is 13.4. The van der Waals surface area contributed by atoms with Gasteiger partial charge >= 0.3 is 5.97 Å². The van der Waals surface area contributed by atoms with Gasteiger partial charge in [-0.25, -0.2) is 4.98 Å². The summed E-state index contributed by atoms with van der Waals surface area (Å²) in [4.78, 5) is 33.0. The number of ether oxygens (including phenoxy) is 1. The van der Waals surface area contributed by atoms with Crippen molar-refractivity contribution in [3.8, 4) is 0 Å². The number of unbranched alkanes of at least 4 members (excludes halogenated alkanes) is 1. The Labute approximate surface area is 254 Å². The van der Waals surface area contributed by atoms with Crippen LogP contribution in [0.25, 0.3) is 11.0 Å². The van der Waals surface area contributed by atoms with E-state index in [1.54, 1.807) is 11.8 Å². The first-order chi connectivity index (χ1) is 20.5. The van der Waals surface area contributed by atoms with Crippen molar-refractivity contribution in [2.75, 3.05) is 18.8 Å². The van der Waals surface area contributed by atoms with Gasteiger partial charge in [0.1, 0.15) is 6.54 Å². The quantitative estimate of drug-likeness (QED) is 0.0766. The number of nitrogens with zero attached hydrogens (tertiary/aromatic N) is 3. The summed E-state index contributed by atoms with van der Waals surface area (Å²) in [7, 11) is 0. The maximum Gasteiger partial charge on any atom is 0.326 e. The average molecular weight is 586 g/mol. The summed E-state index contributed by atoms with van der Waals surface area (Å²) in [6.45, 7) is 7.47. The lowest BCUT2D eigenvalue weighted by Gasteiger charge is -2.29. The Kier molecular flexibility index (Phi) is 12.1. The molecule has 0 aliphatic carbocycles. The number of para-hydroxylation sites is 2. The van der Waals surface area contributed by atoms with Crippen molar-refractivity contribution in [1.29, 1.82) is 0 Å². The van der Waals surface area contributed by atoms with Crippen LogP contribution in [-0.2, 0) is 20.9 Å². The molecule has 1 atom stereocenters. The summed E-state index contributed by atoms with van der Waals surface area (Å²) in [6.07, 6.45) is 3.93. The Morgan fingerprint density at radius 3 is 2.19 bits per heavy atom. The van der Waals surface area contributed by atoms with Gasteiger partial charge in [0.25, 0.3) is 0 Å². The van der Waals surface area contributed by atoms with E-state index in [4.69, 9.17) is 9.72 Å². The molecule has 0 aliphatic rings. The lowest BCUT2D eigenvalue weighted by molar-refractivity contribution is -0.149. The molecule has 1 heterocycles. The Bertz CT molecular complexity index is 1370. The molecule has 222 valence electrons. The molecule has 1 unspecified atom stereocenters. The van der Waals surface area contributed by atoms with E-state index < -0.39 is 0 Å². The molecule has 0 spiro atoms. The average Bonchev–Trinajstić information content (AvgIpc) is 3.36. The second-order valence-electron chi connectivity index (χ2n) is 10.7. The van der Waals surface area contributed by atoms with Gasteiger partial charge in [-0.3, -0.25) is 9.59 Å². The molecule has 7 heteroatoms. The first-order valence-electron chi connectivity index (χ1n) is 15.1. The van der Waals surface area contributed by atoms with Crippen LogP contribution in [0.5, 0.6) is 0 Å². The van der Waals surface area contributed by atoms with Gasteiger partial charge in [0, 0.05) is 31.2 Å². The van der Waals surface area contributed by atoms with Gasteiger partial charge < -0.3 is 14.2 Å². The van der Waals surface area contributed by atoms with Crippen LogP contribution in [0.2, 0.25) is 0 Å². The van der Waals surface area contributed by atoms with Gasteiger partial charge in [-0.15, -0.1) is 0 Å². The summed E-state index contributed by atoms with van der Waals surface area (Å²) in [5, 5.41) is 0.799. The minimum atomic E-state index is -0.255. The zero-order valence-corrected chi connectivity index (χ0v) is 25.9. The van der Waals surface area contributed by atoms with Crippen molar-refractivity contribution in [3.63, 3.8) is 0 Å². The van der Waals surface area contributed by atoms with Gasteiger partial charge in [-0.2, -0.15) is 0 Å². The van der Waals surface area contributed by atoms with Crippen LogP contribution >= 0.6 is 11.8 Å². The van der Waals surface area contributed by atoms with Crippen molar-refractivity contribution in [1.82, 2.24) is 14.5 Å². The molecule has 0 bridgehead atoms. The Balaban J connectivity index is 1.47. The van der Waals surface area contributed by atoms with Gasteiger partial charge in [0.05, 0.1) is 17.1 Å². The first-order valence-corrected chi connectivity index (χ1v) is 16.1. The molecular weight excluding hydrogens is 542 g/mol. The zero-order chi connectivity index (χ0) is 29.7. The summed E-state index contributed by atoms with van der Waals surface area (Å²) in [5.74, 6) is 0.836. The van der Waals surface area contributed by atoms with Crippen LogP contribution in [0.15, 0.2) is 90.1 Å². The van der Waals surface area contributed by atoms with Crippen molar-refractivity contribution in [2.24, 2.45) is 0 Å². The van der Waals surface area contributed by atoms with E-state index >= 15 is 0 Å². The van der Waals surface area contributed by atoms with Gasteiger partial charge in [0.2, 0.25) is 5.91 Å². The lowest BCUT2D eigenvalue weighted by atomic mass is 9.90. The number of carbonyl (C=O) groups is 2. The first kappa shape index (κ1) is 31.4. The molecule has 4 aromatic rings. The molecule has 0 fully saturated rings. The van der Waals surface area contributed by atoms with E-state index in [-0.39, 0.29) is 30.4 Å². The van der Waals surface area contributed by atoms with E-state index in [9.17, 15) is 9.59 Å². The summed E-state index contributed by atoms with van der Waals surface area (Å²) in [6, 6.07) is 28.8. The van der Waals surface area contributed by atoms with Crippen LogP contribution in [0, 0.1) is 0 Å². The molecule has 0 saturated heterocycles. The molecule has 42 heavy (non-hydrogen) atoms. The second-order valence-corrected chi connectivity index (χ2v) is 11.8. The SMILES string of the molecule is CCCCC(=O)N(CCCSc1nc2ccccc2n1CC(=O)OC(C)CC)CC(c1ccccc1)c1ccccc1. The Hall–Kier alpha value is -3.58. The Morgan fingerprint density at radius 1 is 0.905 bits per heavy atom. The second kappa shape index (κ2) is 16.2. The summed E-state index contributed by atoms with van der Waals surface area (Å²) >= 11 is 1.63. The van der Waals surface area contributed by atoms with Crippen LogP contribution in [0.3, 0.4) is 0 Å². The highest BCUT2D eigenvalue weighted by Gasteiger charge is 2.22. The molecular formula is C35H43N3O3S. The summed E-state index contributed by atoms with van der Waals surface area (Å²) < 4.78 is 7.52. The van der Waals surface area contributed by atoms with Crippen LogP contribution in [0.1, 0.15) is 69.9 Å². The van der Waals surface area contributed by atoms with E-state index in [2.05, 4.69) is 55.5 Å². The maximum atomic E-state index is 13.4. The standard InChI is InChI=1S/C35H43N3O3S/c1-4-6-22-33(39)37(25-30(28-16-9-7-10-17-28)29-18-11-8-12-19-29)23-15-24-42-35-36-31-20-13-14-21-32(31)38(35)26-34(40)41-27(3)5-2/h7-14,16-21,27,30H,4-6,15,22-26H2,1-3H3. The number of thioether (sulfide) groups is 1. The minimum absolute atomic E-state index is 0.103. The summed E-state index contributed by atoms with van der Waals surface area (Å²) in [5.41, 5.74) is 4.21. The van der Waals surface area contributed by atoms with Crippen LogP contribution in [-0.4, -0.2) is 51.3 Å². The molecule has 0 saturated carbocycles. The fourth-order valence-corrected chi connectivity index (χ4v) is 5.95. The zero-order valence-electron chi connectivity index (χ0n) is 25.1. The number of esters is 1. The number of hydrogen-bond acceptors (Lipinski definition) is 5. The van der Waals surface area contributed by atoms with Crippen LogP contribution in [0.4, 0.5) is 0 Å². The number of hydrogen-bond donors (Lipinski definition) is 0. The Morgan fingerprint density at radius 2 is 1.55 bits per heavy atom. The lowest BCUT2D eigenvalue weighted by Crippen LogP contribution is -2.36. The highest BCUT2D eigenvalue weighted by Crippen LogP contribution is 2.28. The van der Waals surface area contributed by atoms with Crippen LogP contribution < -0.4 is 0 Å². The molecule has 0 radical (unpaired) electrons. The van der Waals surface area contributed by atoms with Crippen molar-refractivity contribution in [3.05, 3.63) is 96.1 Å². The third-order valence-corrected chi connectivity index (χ3v) is 8.58. The molecule has 6 nitrogen and oxygen atoms in total. The third-order valence-electron chi connectivity index (χ3n) is 7.52. The predicted molar refractivity (Wildman–Crippen MR) is 172 cm³/mol. The smallest absolute Gasteiger partial charge is 0.326 e.